The molecule has 6 nitrogen and oxygen atoms in total. The lowest BCUT2D eigenvalue weighted by molar-refractivity contribution is 0.0626. The molecule has 0 radical (unpaired) electrons. The van der Waals surface area contributed by atoms with Crippen molar-refractivity contribution in [1.29, 1.82) is 0 Å². The van der Waals surface area contributed by atoms with E-state index in [1.807, 2.05) is 12.1 Å². The number of nitrogens with zero attached hydrogens (tertiary/aromatic N) is 2. The summed E-state index contributed by atoms with van der Waals surface area (Å²) < 4.78 is 5.17. The predicted molar refractivity (Wildman–Crippen MR) is 96.0 cm³/mol. The summed E-state index contributed by atoms with van der Waals surface area (Å²) in [6.07, 6.45) is 0. The van der Waals surface area contributed by atoms with E-state index in [0.717, 1.165) is 31.1 Å². The zero-order valence-electron chi connectivity index (χ0n) is 14.6. The average Bonchev–Trinajstić information content (AvgIpc) is 2.62. The third kappa shape index (κ3) is 4.09. The molecule has 0 unspecified atom stereocenters. The van der Waals surface area contributed by atoms with E-state index in [2.05, 4.69) is 22.0 Å². The second-order valence-electron chi connectivity index (χ2n) is 6.30. The number of carbonyl (C=O) groups excluding carboxylic acids is 1. The molecule has 0 bridgehead atoms. The van der Waals surface area contributed by atoms with E-state index in [9.17, 15) is 9.59 Å². The summed E-state index contributed by atoms with van der Waals surface area (Å²) in [4.78, 5) is 31.2. The van der Waals surface area contributed by atoms with Gasteiger partial charge in [-0.05, 0) is 36.8 Å². The van der Waals surface area contributed by atoms with E-state index in [4.69, 9.17) is 4.74 Å². The van der Waals surface area contributed by atoms with Crippen molar-refractivity contribution in [3.63, 3.8) is 0 Å². The lowest BCUT2D eigenvalue weighted by atomic mass is 10.1. The quantitative estimate of drug-likeness (QED) is 0.918. The summed E-state index contributed by atoms with van der Waals surface area (Å²) in [6.45, 7) is 5.48. The van der Waals surface area contributed by atoms with E-state index >= 15 is 0 Å². The first-order valence-electron chi connectivity index (χ1n) is 8.41. The summed E-state index contributed by atoms with van der Waals surface area (Å²) in [5.41, 5.74) is 1.88. The van der Waals surface area contributed by atoms with Crippen LogP contribution in [-0.2, 0) is 6.54 Å². The molecule has 0 saturated carbocycles. The number of pyridine rings is 1. The Hall–Kier alpha value is -2.60. The summed E-state index contributed by atoms with van der Waals surface area (Å²) >= 11 is 0. The lowest BCUT2D eigenvalue weighted by Crippen LogP contribution is -2.49. The van der Waals surface area contributed by atoms with Gasteiger partial charge in [-0.15, -0.1) is 0 Å². The Morgan fingerprint density at radius 1 is 1.08 bits per heavy atom. The van der Waals surface area contributed by atoms with Gasteiger partial charge in [-0.25, -0.2) is 0 Å². The third-order valence-corrected chi connectivity index (χ3v) is 4.51. The minimum absolute atomic E-state index is 0.189. The van der Waals surface area contributed by atoms with Crippen molar-refractivity contribution in [2.24, 2.45) is 0 Å². The SMILES string of the molecule is COc1ccc(CN2CCN(C(=O)c3ccc(C)[nH]c3=O)CC2)cc1. The van der Waals surface area contributed by atoms with E-state index < -0.39 is 0 Å². The van der Waals surface area contributed by atoms with Crippen LogP contribution in [-0.4, -0.2) is 54.0 Å². The van der Waals surface area contributed by atoms with Gasteiger partial charge in [-0.1, -0.05) is 12.1 Å². The van der Waals surface area contributed by atoms with Crippen LogP contribution in [0.4, 0.5) is 0 Å². The maximum Gasteiger partial charge on any atom is 0.260 e. The molecule has 1 fully saturated rings. The standard InChI is InChI=1S/C19H23N3O3/c1-14-3-8-17(18(23)20-14)19(24)22-11-9-21(10-12-22)13-15-4-6-16(25-2)7-5-15/h3-8H,9-13H2,1-2H3,(H,20,23). The first-order valence-corrected chi connectivity index (χ1v) is 8.41. The Morgan fingerprint density at radius 2 is 1.76 bits per heavy atom. The van der Waals surface area contributed by atoms with Crippen LogP contribution in [0.3, 0.4) is 0 Å². The minimum Gasteiger partial charge on any atom is -0.497 e. The van der Waals surface area contributed by atoms with Gasteiger partial charge in [0.2, 0.25) is 0 Å². The van der Waals surface area contributed by atoms with Crippen molar-refractivity contribution >= 4 is 5.91 Å². The largest absolute Gasteiger partial charge is 0.497 e. The van der Waals surface area contributed by atoms with Crippen LogP contribution in [0.2, 0.25) is 0 Å². The molecule has 1 N–H and O–H groups in total. The number of benzene rings is 1. The van der Waals surface area contributed by atoms with Gasteiger partial charge in [0.25, 0.3) is 11.5 Å². The highest BCUT2D eigenvalue weighted by Gasteiger charge is 2.23. The Morgan fingerprint density at radius 3 is 2.36 bits per heavy atom. The molecule has 0 spiro atoms. The first-order chi connectivity index (χ1) is 12.1. The van der Waals surface area contributed by atoms with E-state index in [0.29, 0.717) is 13.1 Å². The molecule has 25 heavy (non-hydrogen) atoms. The van der Waals surface area contributed by atoms with Crippen LogP contribution in [0, 0.1) is 6.92 Å². The lowest BCUT2D eigenvalue weighted by Gasteiger charge is -2.34. The molecule has 1 aliphatic heterocycles. The molecule has 3 rings (SSSR count). The monoisotopic (exact) mass is 341 g/mol. The molecule has 1 aromatic heterocycles. The normalized spacial score (nSPS) is 15.2. The van der Waals surface area contributed by atoms with Crippen LogP contribution in [0.5, 0.6) is 5.75 Å². The molecule has 132 valence electrons. The summed E-state index contributed by atoms with van der Waals surface area (Å²) in [5, 5.41) is 0. The Kier molecular flexibility index (Phi) is 5.19. The number of amides is 1. The minimum atomic E-state index is -0.314. The van der Waals surface area contributed by atoms with Crippen LogP contribution < -0.4 is 10.3 Å². The number of ether oxygens (including phenoxy) is 1. The van der Waals surface area contributed by atoms with Gasteiger partial charge in [0, 0.05) is 38.4 Å². The van der Waals surface area contributed by atoms with Crippen LogP contribution in [0.15, 0.2) is 41.2 Å². The highest BCUT2D eigenvalue weighted by atomic mass is 16.5. The fraction of sp³-hybridized carbons (Fsp3) is 0.368. The Balaban J connectivity index is 1.57. The van der Waals surface area contributed by atoms with Gasteiger partial charge < -0.3 is 14.6 Å². The van der Waals surface area contributed by atoms with Gasteiger partial charge in [0.15, 0.2) is 0 Å². The highest BCUT2D eigenvalue weighted by molar-refractivity contribution is 5.93. The fourth-order valence-electron chi connectivity index (χ4n) is 3.01. The van der Waals surface area contributed by atoms with Crippen molar-refractivity contribution in [1.82, 2.24) is 14.8 Å². The maximum atomic E-state index is 12.5. The number of methoxy groups -OCH3 is 1. The highest BCUT2D eigenvalue weighted by Crippen LogP contribution is 2.14. The third-order valence-electron chi connectivity index (χ3n) is 4.51. The number of rotatable bonds is 4. The fourth-order valence-corrected chi connectivity index (χ4v) is 3.01. The molecule has 6 heteroatoms. The molecule has 2 aromatic rings. The molecule has 0 atom stereocenters. The van der Waals surface area contributed by atoms with E-state index in [1.165, 1.54) is 5.56 Å². The van der Waals surface area contributed by atoms with Crippen LogP contribution in [0.1, 0.15) is 21.6 Å². The molecular weight excluding hydrogens is 318 g/mol. The molecule has 1 amide bonds. The van der Waals surface area contributed by atoms with Gasteiger partial charge in [0.05, 0.1) is 7.11 Å². The number of aryl methyl sites for hydroxylation is 1. The van der Waals surface area contributed by atoms with Crippen molar-refractivity contribution in [2.45, 2.75) is 13.5 Å². The summed E-state index contributed by atoms with van der Waals surface area (Å²) in [7, 11) is 1.66. The van der Waals surface area contributed by atoms with Gasteiger partial charge in [-0.2, -0.15) is 0 Å². The molecule has 0 aliphatic carbocycles. The number of hydrogen-bond donors (Lipinski definition) is 1. The topological polar surface area (TPSA) is 65.6 Å². The van der Waals surface area contributed by atoms with Gasteiger partial charge in [-0.3, -0.25) is 14.5 Å². The van der Waals surface area contributed by atoms with Crippen molar-refractivity contribution in [3.05, 3.63) is 63.6 Å². The van der Waals surface area contributed by atoms with Gasteiger partial charge in [0.1, 0.15) is 11.3 Å². The Bertz CT molecular complexity index is 790. The zero-order valence-corrected chi connectivity index (χ0v) is 14.6. The Labute approximate surface area is 147 Å². The second kappa shape index (κ2) is 7.53. The summed E-state index contributed by atoms with van der Waals surface area (Å²) in [5.74, 6) is 0.660. The van der Waals surface area contributed by atoms with Crippen LogP contribution in [0.25, 0.3) is 0 Å². The number of H-pyrrole nitrogens is 1. The predicted octanol–water partition coefficient (Wildman–Crippen LogP) is 1.65. The number of aromatic nitrogens is 1. The van der Waals surface area contributed by atoms with E-state index in [1.54, 1.807) is 31.1 Å². The molecule has 1 aliphatic rings. The smallest absolute Gasteiger partial charge is 0.260 e. The van der Waals surface area contributed by atoms with Crippen molar-refractivity contribution < 1.29 is 9.53 Å². The summed E-state index contributed by atoms with van der Waals surface area (Å²) in [6, 6.07) is 11.4. The first kappa shape index (κ1) is 17.2. The van der Waals surface area contributed by atoms with Crippen molar-refractivity contribution in [3.8, 4) is 5.75 Å². The number of carbonyl (C=O) groups is 1. The van der Waals surface area contributed by atoms with Gasteiger partial charge >= 0.3 is 0 Å². The van der Waals surface area contributed by atoms with Crippen LogP contribution >= 0.6 is 0 Å². The van der Waals surface area contributed by atoms with Crippen molar-refractivity contribution in [2.75, 3.05) is 33.3 Å². The molecular formula is C19H23N3O3. The van der Waals surface area contributed by atoms with E-state index in [-0.39, 0.29) is 17.0 Å². The molecule has 2 heterocycles. The average molecular weight is 341 g/mol. The molecule has 1 saturated heterocycles. The number of nitrogens with one attached hydrogen (secondary N) is 1. The zero-order chi connectivity index (χ0) is 17.8. The number of piperazine rings is 1. The number of aromatic amines is 1. The second-order valence-corrected chi connectivity index (χ2v) is 6.30. The maximum absolute atomic E-state index is 12.5. The molecule has 1 aromatic carbocycles. The number of hydrogen-bond acceptors (Lipinski definition) is 4.